The molecule has 0 bridgehead atoms. The van der Waals surface area contributed by atoms with Gasteiger partial charge in [-0.3, -0.25) is 4.90 Å². The van der Waals surface area contributed by atoms with Crippen molar-refractivity contribution in [3.63, 3.8) is 0 Å². The molecule has 1 aromatic carbocycles. The van der Waals surface area contributed by atoms with Crippen LogP contribution in [0.25, 0.3) is 0 Å². The monoisotopic (exact) mass is 232 g/mol. The van der Waals surface area contributed by atoms with Crippen molar-refractivity contribution >= 4 is 5.69 Å². The van der Waals surface area contributed by atoms with Gasteiger partial charge in [0.25, 0.3) is 0 Å². The van der Waals surface area contributed by atoms with E-state index in [1.54, 1.807) is 7.11 Å². The van der Waals surface area contributed by atoms with Gasteiger partial charge in [0.05, 0.1) is 7.11 Å². The number of rotatable bonds is 3. The Balaban J connectivity index is 1.66. The second-order valence-electron chi connectivity index (χ2n) is 5.57. The highest BCUT2D eigenvalue weighted by Crippen LogP contribution is 2.48. The number of nitrogens with zero attached hydrogens (tertiary/aromatic N) is 1. The van der Waals surface area contributed by atoms with E-state index in [1.165, 1.54) is 37.9 Å². The van der Waals surface area contributed by atoms with Gasteiger partial charge in [-0.15, -0.1) is 0 Å². The maximum absolute atomic E-state index is 5.83. The number of benzene rings is 1. The van der Waals surface area contributed by atoms with Crippen molar-refractivity contribution in [2.75, 3.05) is 25.9 Å². The van der Waals surface area contributed by atoms with E-state index in [0.717, 1.165) is 18.0 Å². The molecule has 1 spiro atoms. The molecule has 92 valence electrons. The van der Waals surface area contributed by atoms with Crippen LogP contribution in [0.1, 0.15) is 24.8 Å². The minimum Gasteiger partial charge on any atom is -0.496 e. The first-order valence-corrected chi connectivity index (χ1v) is 6.36. The number of methoxy groups -OCH3 is 1. The third-order valence-corrected chi connectivity index (χ3v) is 4.23. The van der Waals surface area contributed by atoms with Crippen LogP contribution < -0.4 is 10.5 Å². The lowest BCUT2D eigenvalue weighted by Gasteiger charge is -2.56. The minimum absolute atomic E-state index is 0.688. The average Bonchev–Trinajstić information content (AvgIpc) is 2.20. The highest BCUT2D eigenvalue weighted by atomic mass is 16.5. The van der Waals surface area contributed by atoms with Crippen molar-refractivity contribution < 1.29 is 4.74 Å². The van der Waals surface area contributed by atoms with Gasteiger partial charge in [-0.25, -0.2) is 0 Å². The Hall–Kier alpha value is -1.22. The molecule has 0 amide bonds. The quantitative estimate of drug-likeness (QED) is 0.812. The maximum Gasteiger partial charge on any atom is 0.123 e. The van der Waals surface area contributed by atoms with Crippen LogP contribution in [0.3, 0.4) is 0 Å². The zero-order valence-electron chi connectivity index (χ0n) is 10.4. The van der Waals surface area contributed by atoms with E-state index in [2.05, 4.69) is 4.90 Å². The summed E-state index contributed by atoms with van der Waals surface area (Å²) in [7, 11) is 1.72. The maximum atomic E-state index is 5.83. The van der Waals surface area contributed by atoms with E-state index in [-0.39, 0.29) is 0 Å². The van der Waals surface area contributed by atoms with Crippen molar-refractivity contribution in [1.29, 1.82) is 0 Å². The highest BCUT2D eigenvalue weighted by Gasteiger charge is 2.46. The van der Waals surface area contributed by atoms with Gasteiger partial charge in [-0.1, -0.05) is 6.42 Å². The number of nitrogen functional groups attached to an aromatic ring is 1. The number of hydrogen-bond donors (Lipinski definition) is 1. The molecule has 0 atom stereocenters. The SMILES string of the molecule is COc1ccc(N)cc1CN1CC2(CCC2)C1. The molecule has 3 nitrogen and oxygen atoms in total. The molecule has 3 heteroatoms. The number of ether oxygens (including phenoxy) is 1. The highest BCUT2D eigenvalue weighted by molar-refractivity contribution is 5.47. The standard InChI is InChI=1S/C14H20N2O/c1-17-13-4-3-12(15)7-11(13)8-16-9-14(10-16)5-2-6-14/h3-4,7H,2,5-6,8-10,15H2,1H3. The van der Waals surface area contributed by atoms with Gasteiger partial charge in [0, 0.05) is 30.9 Å². The van der Waals surface area contributed by atoms with E-state index in [4.69, 9.17) is 10.5 Å². The van der Waals surface area contributed by atoms with Crippen molar-refractivity contribution in [2.45, 2.75) is 25.8 Å². The van der Waals surface area contributed by atoms with Crippen molar-refractivity contribution in [3.05, 3.63) is 23.8 Å². The average molecular weight is 232 g/mol. The summed E-state index contributed by atoms with van der Waals surface area (Å²) in [6.45, 7) is 3.48. The van der Waals surface area contributed by atoms with E-state index in [0.29, 0.717) is 5.41 Å². The summed E-state index contributed by atoms with van der Waals surface area (Å²) in [6, 6.07) is 5.89. The Morgan fingerprint density at radius 2 is 2.12 bits per heavy atom. The third-order valence-electron chi connectivity index (χ3n) is 4.23. The Morgan fingerprint density at radius 1 is 1.35 bits per heavy atom. The molecule has 1 saturated carbocycles. The Morgan fingerprint density at radius 3 is 2.71 bits per heavy atom. The van der Waals surface area contributed by atoms with Crippen LogP contribution in [0.2, 0.25) is 0 Å². The zero-order chi connectivity index (χ0) is 11.9. The Kier molecular flexibility index (Phi) is 2.51. The van der Waals surface area contributed by atoms with Gasteiger partial charge in [0.15, 0.2) is 0 Å². The van der Waals surface area contributed by atoms with Crippen LogP contribution in [0.15, 0.2) is 18.2 Å². The van der Waals surface area contributed by atoms with Gasteiger partial charge in [0.1, 0.15) is 5.75 Å². The van der Waals surface area contributed by atoms with Crippen LogP contribution in [-0.4, -0.2) is 25.1 Å². The van der Waals surface area contributed by atoms with Gasteiger partial charge >= 0.3 is 0 Å². The van der Waals surface area contributed by atoms with Gasteiger partial charge in [0.2, 0.25) is 0 Å². The summed E-state index contributed by atoms with van der Waals surface area (Å²) in [5, 5.41) is 0. The van der Waals surface area contributed by atoms with Gasteiger partial charge < -0.3 is 10.5 Å². The zero-order valence-corrected chi connectivity index (χ0v) is 10.4. The fourth-order valence-corrected chi connectivity index (χ4v) is 3.17. The van der Waals surface area contributed by atoms with Crippen molar-refractivity contribution in [2.24, 2.45) is 5.41 Å². The Labute approximate surface area is 103 Å². The van der Waals surface area contributed by atoms with E-state index >= 15 is 0 Å². The molecular weight excluding hydrogens is 212 g/mol. The molecule has 2 N–H and O–H groups in total. The molecule has 2 aliphatic rings. The summed E-state index contributed by atoms with van der Waals surface area (Å²) in [5.41, 5.74) is 8.55. The third kappa shape index (κ3) is 1.89. The van der Waals surface area contributed by atoms with Crippen LogP contribution in [0, 0.1) is 5.41 Å². The first-order chi connectivity index (χ1) is 8.21. The van der Waals surface area contributed by atoms with E-state index in [9.17, 15) is 0 Å². The molecule has 1 saturated heterocycles. The molecule has 17 heavy (non-hydrogen) atoms. The lowest BCUT2D eigenvalue weighted by Crippen LogP contribution is -2.58. The first kappa shape index (κ1) is 10.9. The minimum atomic E-state index is 0.688. The molecular formula is C14H20N2O. The lowest BCUT2D eigenvalue weighted by molar-refractivity contribution is -0.0647. The number of anilines is 1. The predicted octanol–water partition coefficient (Wildman–Crippen LogP) is 2.26. The van der Waals surface area contributed by atoms with Crippen LogP contribution in [-0.2, 0) is 6.54 Å². The largest absolute Gasteiger partial charge is 0.496 e. The summed E-state index contributed by atoms with van der Waals surface area (Å²) >= 11 is 0. The lowest BCUT2D eigenvalue weighted by atomic mass is 9.63. The van der Waals surface area contributed by atoms with Crippen LogP contribution in [0.4, 0.5) is 5.69 Å². The number of nitrogens with two attached hydrogens (primary N) is 1. The van der Waals surface area contributed by atoms with E-state index in [1.807, 2.05) is 18.2 Å². The number of likely N-dealkylation sites (tertiary alicyclic amines) is 1. The first-order valence-electron chi connectivity index (χ1n) is 6.36. The van der Waals surface area contributed by atoms with E-state index < -0.39 is 0 Å². The van der Waals surface area contributed by atoms with Crippen molar-refractivity contribution in [3.8, 4) is 5.75 Å². The molecule has 0 radical (unpaired) electrons. The molecule has 0 unspecified atom stereocenters. The molecule has 1 aromatic rings. The summed E-state index contributed by atoms with van der Waals surface area (Å²) < 4.78 is 5.38. The van der Waals surface area contributed by atoms with Crippen molar-refractivity contribution in [1.82, 2.24) is 4.90 Å². The van der Waals surface area contributed by atoms with Gasteiger partial charge in [-0.2, -0.15) is 0 Å². The predicted molar refractivity (Wildman–Crippen MR) is 69.0 cm³/mol. The molecule has 0 aromatic heterocycles. The normalized spacial score (nSPS) is 21.9. The number of hydrogen-bond acceptors (Lipinski definition) is 3. The van der Waals surface area contributed by atoms with Gasteiger partial charge in [-0.05, 0) is 36.5 Å². The molecule has 3 rings (SSSR count). The Bertz CT molecular complexity index is 418. The summed E-state index contributed by atoms with van der Waals surface area (Å²) in [6.07, 6.45) is 4.28. The fraction of sp³-hybridized carbons (Fsp3) is 0.571. The summed E-state index contributed by atoms with van der Waals surface area (Å²) in [4.78, 5) is 2.50. The fourth-order valence-electron chi connectivity index (χ4n) is 3.17. The second kappa shape index (κ2) is 3.91. The molecule has 1 aliphatic carbocycles. The van der Waals surface area contributed by atoms with Crippen LogP contribution >= 0.6 is 0 Å². The second-order valence-corrected chi connectivity index (χ2v) is 5.57. The molecule has 1 aliphatic heterocycles. The summed E-state index contributed by atoms with van der Waals surface area (Å²) in [5.74, 6) is 0.953. The molecule has 1 heterocycles. The van der Waals surface area contributed by atoms with Crippen LogP contribution in [0.5, 0.6) is 5.75 Å². The topological polar surface area (TPSA) is 38.5 Å². The molecule has 2 fully saturated rings. The smallest absolute Gasteiger partial charge is 0.123 e.